The van der Waals surface area contributed by atoms with Crippen LogP contribution < -0.4 is 10.1 Å². The summed E-state index contributed by atoms with van der Waals surface area (Å²) in [4.78, 5) is 40.8. The first-order valence-corrected chi connectivity index (χ1v) is 12.3. The summed E-state index contributed by atoms with van der Waals surface area (Å²) in [6, 6.07) is 21.9. The van der Waals surface area contributed by atoms with E-state index in [0.717, 1.165) is 30.8 Å². The van der Waals surface area contributed by atoms with E-state index in [-0.39, 0.29) is 18.2 Å². The Morgan fingerprint density at radius 3 is 2.28 bits per heavy atom. The third-order valence-corrected chi connectivity index (χ3v) is 7.27. The summed E-state index contributed by atoms with van der Waals surface area (Å²) in [6.45, 7) is 3.55. The number of rotatable bonds is 6. The van der Waals surface area contributed by atoms with Crippen LogP contribution in [0.2, 0.25) is 0 Å². The van der Waals surface area contributed by atoms with Gasteiger partial charge in [0, 0.05) is 37.2 Å². The third-order valence-electron chi connectivity index (χ3n) is 7.27. The number of amides is 3. The Labute approximate surface area is 209 Å². The quantitative estimate of drug-likeness (QED) is 0.545. The highest BCUT2D eigenvalue weighted by molar-refractivity contribution is 6.05. The van der Waals surface area contributed by atoms with E-state index in [1.807, 2.05) is 6.07 Å². The van der Waals surface area contributed by atoms with Gasteiger partial charge >= 0.3 is 0 Å². The first-order valence-electron chi connectivity index (χ1n) is 12.3. The number of piperidine rings is 1. The molecule has 1 unspecified atom stereocenters. The zero-order valence-corrected chi connectivity index (χ0v) is 19.9. The van der Waals surface area contributed by atoms with Crippen LogP contribution in [0, 0.1) is 0 Å². The Hall–Kier alpha value is -3.97. The molecule has 3 aliphatic heterocycles. The van der Waals surface area contributed by atoms with Gasteiger partial charge in [-0.3, -0.25) is 24.6 Å². The fraction of sp³-hybridized carbons (Fsp3) is 0.276. The smallest absolute Gasteiger partial charge is 0.255 e. The van der Waals surface area contributed by atoms with Crippen LogP contribution in [0.1, 0.15) is 51.0 Å². The number of carbonyl (C=O) groups excluding carboxylic acids is 3. The maximum atomic E-state index is 13.0. The minimum Gasteiger partial charge on any atom is -0.489 e. The van der Waals surface area contributed by atoms with Crippen LogP contribution in [-0.4, -0.2) is 33.6 Å². The van der Waals surface area contributed by atoms with E-state index in [0.29, 0.717) is 30.9 Å². The summed E-state index contributed by atoms with van der Waals surface area (Å²) < 4.78 is 6.13. The monoisotopic (exact) mass is 481 g/mol. The molecule has 0 radical (unpaired) electrons. The van der Waals surface area contributed by atoms with E-state index < -0.39 is 11.9 Å². The standard InChI is InChI=1S/C29H27N3O4/c33-27-13-12-25(28(34)30-27)32-17-24-23(29(32)35)6-3-7-26(24)36-18-20-10-8-19(9-11-20)14-31-15-21-4-1-2-5-22(21)16-31/h1-11,25H,12-18H2,(H,30,33,34). The Balaban J connectivity index is 1.09. The zero-order valence-electron chi connectivity index (χ0n) is 19.9. The van der Waals surface area contributed by atoms with Gasteiger partial charge in [0.15, 0.2) is 0 Å². The minimum atomic E-state index is -0.633. The Morgan fingerprint density at radius 1 is 0.833 bits per heavy atom. The maximum absolute atomic E-state index is 13.0. The summed E-state index contributed by atoms with van der Waals surface area (Å²) in [7, 11) is 0. The molecular formula is C29H27N3O4. The number of ether oxygens (including phenoxy) is 1. The summed E-state index contributed by atoms with van der Waals surface area (Å²) in [5.41, 5.74) is 6.47. The second-order valence-corrected chi connectivity index (χ2v) is 9.70. The van der Waals surface area contributed by atoms with Crippen LogP contribution in [-0.2, 0) is 42.4 Å². The van der Waals surface area contributed by atoms with Crippen LogP contribution >= 0.6 is 0 Å². The van der Waals surface area contributed by atoms with Crippen molar-refractivity contribution in [2.24, 2.45) is 0 Å². The van der Waals surface area contributed by atoms with Gasteiger partial charge in [-0.05, 0) is 40.8 Å². The molecule has 3 aliphatic rings. The molecule has 1 N–H and O–H groups in total. The third kappa shape index (κ3) is 4.27. The van der Waals surface area contributed by atoms with Crippen molar-refractivity contribution in [2.75, 3.05) is 0 Å². The Kier molecular flexibility index (Phi) is 5.77. The van der Waals surface area contributed by atoms with Gasteiger partial charge in [0.1, 0.15) is 18.4 Å². The van der Waals surface area contributed by atoms with Crippen molar-refractivity contribution in [3.63, 3.8) is 0 Å². The van der Waals surface area contributed by atoms with Crippen molar-refractivity contribution in [2.45, 2.75) is 51.7 Å². The molecule has 0 aliphatic carbocycles. The Morgan fingerprint density at radius 2 is 1.56 bits per heavy atom. The van der Waals surface area contributed by atoms with E-state index in [1.165, 1.54) is 16.7 Å². The summed E-state index contributed by atoms with van der Waals surface area (Å²) in [5, 5.41) is 2.34. The van der Waals surface area contributed by atoms with Gasteiger partial charge in [-0.25, -0.2) is 0 Å². The molecule has 7 nitrogen and oxygen atoms in total. The molecular weight excluding hydrogens is 454 g/mol. The van der Waals surface area contributed by atoms with E-state index in [2.05, 4.69) is 58.7 Å². The molecule has 0 bridgehead atoms. The molecule has 182 valence electrons. The molecule has 1 atom stereocenters. The molecule has 3 aromatic rings. The van der Waals surface area contributed by atoms with Crippen molar-refractivity contribution in [1.29, 1.82) is 0 Å². The minimum absolute atomic E-state index is 0.196. The average Bonchev–Trinajstić information content (AvgIpc) is 3.44. The lowest BCUT2D eigenvalue weighted by Crippen LogP contribution is -2.52. The van der Waals surface area contributed by atoms with Gasteiger partial charge in [0.2, 0.25) is 11.8 Å². The lowest BCUT2D eigenvalue weighted by molar-refractivity contribution is -0.136. The highest BCUT2D eigenvalue weighted by Gasteiger charge is 2.40. The van der Waals surface area contributed by atoms with E-state index >= 15 is 0 Å². The number of imide groups is 1. The second kappa shape index (κ2) is 9.24. The molecule has 3 amide bonds. The molecule has 1 saturated heterocycles. The van der Waals surface area contributed by atoms with Gasteiger partial charge in [-0.15, -0.1) is 0 Å². The van der Waals surface area contributed by atoms with Crippen LogP contribution in [0.4, 0.5) is 0 Å². The van der Waals surface area contributed by atoms with Gasteiger partial charge in [0.05, 0.1) is 6.54 Å². The first kappa shape index (κ1) is 22.5. The number of hydrogen-bond acceptors (Lipinski definition) is 5. The number of nitrogens with one attached hydrogen (secondary N) is 1. The van der Waals surface area contributed by atoms with Crippen molar-refractivity contribution >= 4 is 17.7 Å². The van der Waals surface area contributed by atoms with Crippen LogP contribution in [0.3, 0.4) is 0 Å². The van der Waals surface area contributed by atoms with E-state index in [9.17, 15) is 14.4 Å². The van der Waals surface area contributed by atoms with Gasteiger partial charge < -0.3 is 9.64 Å². The van der Waals surface area contributed by atoms with Crippen LogP contribution in [0.5, 0.6) is 5.75 Å². The van der Waals surface area contributed by atoms with Crippen molar-refractivity contribution in [3.05, 3.63) is 100 Å². The zero-order chi connectivity index (χ0) is 24.6. The second-order valence-electron chi connectivity index (χ2n) is 9.70. The predicted octanol–water partition coefficient (Wildman–Crippen LogP) is 3.54. The molecule has 1 fully saturated rings. The topological polar surface area (TPSA) is 79.0 Å². The highest BCUT2D eigenvalue weighted by atomic mass is 16.5. The molecule has 3 heterocycles. The molecule has 7 heteroatoms. The van der Waals surface area contributed by atoms with Crippen molar-refractivity contribution < 1.29 is 19.1 Å². The Bertz CT molecular complexity index is 1330. The number of benzene rings is 3. The van der Waals surface area contributed by atoms with E-state index in [1.54, 1.807) is 17.0 Å². The summed E-state index contributed by atoms with van der Waals surface area (Å²) >= 11 is 0. The fourth-order valence-corrected chi connectivity index (χ4v) is 5.37. The number of nitrogens with zero attached hydrogens (tertiary/aromatic N) is 2. The van der Waals surface area contributed by atoms with Gasteiger partial charge in [0.25, 0.3) is 5.91 Å². The lowest BCUT2D eigenvalue weighted by atomic mass is 10.0. The summed E-state index contributed by atoms with van der Waals surface area (Å²) in [6.07, 6.45) is 0.580. The van der Waals surface area contributed by atoms with Crippen LogP contribution in [0.25, 0.3) is 0 Å². The molecule has 6 rings (SSSR count). The molecule has 0 saturated carbocycles. The predicted molar refractivity (Wildman–Crippen MR) is 133 cm³/mol. The summed E-state index contributed by atoms with van der Waals surface area (Å²) in [5.74, 6) is -0.248. The van der Waals surface area contributed by atoms with Crippen molar-refractivity contribution in [1.82, 2.24) is 15.1 Å². The largest absolute Gasteiger partial charge is 0.489 e. The molecule has 36 heavy (non-hydrogen) atoms. The maximum Gasteiger partial charge on any atom is 0.255 e. The van der Waals surface area contributed by atoms with Gasteiger partial charge in [-0.1, -0.05) is 54.6 Å². The molecule has 3 aromatic carbocycles. The van der Waals surface area contributed by atoms with Crippen LogP contribution in [0.15, 0.2) is 66.7 Å². The number of fused-ring (bicyclic) bond motifs is 2. The normalized spacial score (nSPS) is 19.3. The molecule has 0 spiro atoms. The SMILES string of the molecule is O=C1CCC(N2Cc3c(OCc4ccc(CN5Cc6ccccc6C5)cc4)cccc3C2=O)C(=O)N1. The molecule has 0 aromatic heterocycles. The lowest BCUT2D eigenvalue weighted by Gasteiger charge is -2.29. The van der Waals surface area contributed by atoms with Gasteiger partial charge in [-0.2, -0.15) is 0 Å². The first-order chi connectivity index (χ1) is 17.5. The van der Waals surface area contributed by atoms with E-state index in [4.69, 9.17) is 4.74 Å². The average molecular weight is 482 g/mol. The number of carbonyl (C=O) groups is 3. The fourth-order valence-electron chi connectivity index (χ4n) is 5.37. The number of hydrogen-bond donors (Lipinski definition) is 1. The highest BCUT2D eigenvalue weighted by Crippen LogP contribution is 2.34. The van der Waals surface area contributed by atoms with Crippen molar-refractivity contribution in [3.8, 4) is 5.75 Å².